The standard InChI is InChI=1S/C15H19N3O2S/c1-15(20)5-2-6-18(8-15)14-10(7-16)11(17)13(21-14)12(19)9-3-4-9/h9,20H,2-6,8,17H2,1H3. The van der Waals surface area contributed by atoms with Crippen molar-refractivity contribution in [2.75, 3.05) is 23.7 Å². The number of anilines is 2. The van der Waals surface area contributed by atoms with Crippen LogP contribution in [0, 0.1) is 17.2 Å². The molecule has 1 aliphatic heterocycles. The third-order valence-corrected chi connectivity index (χ3v) is 5.45. The molecule has 2 fully saturated rings. The number of carbonyl (C=O) groups is 1. The summed E-state index contributed by atoms with van der Waals surface area (Å²) in [5.41, 5.74) is 5.98. The van der Waals surface area contributed by atoms with Crippen molar-refractivity contribution in [2.45, 2.75) is 38.2 Å². The fraction of sp³-hybridized carbons (Fsp3) is 0.600. The van der Waals surface area contributed by atoms with Crippen molar-refractivity contribution >= 4 is 27.8 Å². The van der Waals surface area contributed by atoms with Gasteiger partial charge in [-0.3, -0.25) is 4.79 Å². The molecule has 1 atom stereocenters. The Balaban J connectivity index is 1.96. The SMILES string of the molecule is CC1(O)CCCN(c2sc(C(=O)C3CC3)c(N)c2C#N)C1. The van der Waals surface area contributed by atoms with Gasteiger partial charge in [0, 0.05) is 19.0 Å². The number of nitrogen functional groups attached to an aromatic ring is 1. The zero-order valence-electron chi connectivity index (χ0n) is 12.1. The van der Waals surface area contributed by atoms with Crippen molar-refractivity contribution in [1.29, 1.82) is 5.26 Å². The van der Waals surface area contributed by atoms with E-state index in [0.29, 0.717) is 22.7 Å². The highest BCUT2D eigenvalue weighted by Crippen LogP contribution is 2.43. The van der Waals surface area contributed by atoms with Crippen LogP contribution in [-0.2, 0) is 0 Å². The van der Waals surface area contributed by atoms with E-state index in [1.54, 1.807) is 6.92 Å². The molecule has 0 radical (unpaired) electrons. The average molecular weight is 305 g/mol. The Hall–Kier alpha value is -1.58. The summed E-state index contributed by atoms with van der Waals surface area (Å²) in [6, 6.07) is 2.13. The van der Waals surface area contributed by atoms with Gasteiger partial charge in [0.05, 0.1) is 16.2 Å². The summed E-state index contributed by atoms with van der Waals surface area (Å²) >= 11 is 1.31. The molecule has 3 rings (SSSR count). The molecule has 6 heteroatoms. The Morgan fingerprint density at radius 1 is 1.57 bits per heavy atom. The summed E-state index contributed by atoms with van der Waals surface area (Å²) in [4.78, 5) is 14.8. The lowest BCUT2D eigenvalue weighted by Crippen LogP contribution is -2.46. The molecule has 5 nitrogen and oxygen atoms in total. The Labute approximate surface area is 128 Å². The number of nitriles is 1. The molecular weight excluding hydrogens is 286 g/mol. The highest BCUT2D eigenvalue weighted by molar-refractivity contribution is 7.19. The number of nitrogens with two attached hydrogens (primary N) is 1. The van der Waals surface area contributed by atoms with Crippen molar-refractivity contribution in [3.8, 4) is 6.07 Å². The summed E-state index contributed by atoms with van der Waals surface area (Å²) in [5.74, 6) is 0.166. The van der Waals surface area contributed by atoms with Gasteiger partial charge in [0.2, 0.25) is 0 Å². The number of rotatable bonds is 3. The van der Waals surface area contributed by atoms with Crippen molar-refractivity contribution in [3.05, 3.63) is 10.4 Å². The zero-order chi connectivity index (χ0) is 15.2. The lowest BCUT2D eigenvalue weighted by Gasteiger charge is -2.37. The fourth-order valence-electron chi connectivity index (χ4n) is 2.87. The van der Waals surface area contributed by atoms with E-state index < -0.39 is 5.60 Å². The van der Waals surface area contributed by atoms with E-state index in [-0.39, 0.29) is 11.7 Å². The Bertz CT molecular complexity index is 626. The lowest BCUT2D eigenvalue weighted by atomic mass is 9.95. The molecule has 1 aliphatic carbocycles. The quantitative estimate of drug-likeness (QED) is 0.835. The third kappa shape index (κ3) is 2.63. The molecule has 1 unspecified atom stereocenters. The smallest absolute Gasteiger partial charge is 0.178 e. The summed E-state index contributed by atoms with van der Waals surface area (Å²) < 4.78 is 0. The summed E-state index contributed by atoms with van der Waals surface area (Å²) in [6.07, 6.45) is 3.46. The van der Waals surface area contributed by atoms with Crippen LogP contribution in [-0.4, -0.2) is 29.6 Å². The second-order valence-electron chi connectivity index (χ2n) is 6.30. The van der Waals surface area contributed by atoms with Crippen LogP contribution < -0.4 is 10.6 Å². The zero-order valence-corrected chi connectivity index (χ0v) is 12.9. The second-order valence-corrected chi connectivity index (χ2v) is 7.30. The van der Waals surface area contributed by atoms with Crippen molar-refractivity contribution < 1.29 is 9.90 Å². The minimum absolute atomic E-state index is 0.0732. The van der Waals surface area contributed by atoms with Crippen molar-refractivity contribution in [2.24, 2.45) is 5.92 Å². The molecule has 1 saturated heterocycles. The average Bonchev–Trinajstić information content (AvgIpc) is 3.21. The number of thiophene rings is 1. The first-order valence-corrected chi connectivity index (χ1v) is 8.08. The third-order valence-electron chi connectivity index (χ3n) is 4.17. The number of hydrogen-bond donors (Lipinski definition) is 2. The predicted molar refractivity (Wildman–Crippen MR) is 82.6 cm³/mol. The van der Waals surface area contributed by atoms with Gasteiger partial charge in [0.1, 0.15) is 16.6 Å². The topological polar surface area (TPSA) is 90.3 Å². The molecule has 21 heavy (non-hydrogen) atoms. The number of piperidine rings is 1. The van der Waals surface area contributed by atoms with Crippen LogP contribution in [0.15, 0.2) is 0 Å². The van der Waals surface area contributed by atoms with Gasteiger partial charge in [0.25, 0.3) is 0 Å². The van der Waals surface area contributed by atoms with Crippen molar-refractivity contribution in [3.63, 3.8) is 0 Å². The maximum Gasteiger partial charge on any atom is 0.178 e. The normalized spacial score (nSPS) is 25.7. The molecule has 3 N–H and O–H groups in total. The van der Waals surface area contributed by atoms with E-state index in [4.69, 9.17) is 5.73 Å². The summed E-state index contributed by atoms with van der Waals surface area (Å²) in [6.45, 7) is 3.05. The van der Waals surface area contributed by atoms with Gasteiger partial charge in [-0.15, -0.1) is 11.3 Å². The van der Waals surface area contributed by atoms with E-state index in [9.17, 15) is 15.2 Å². The monoisotopic (exact) mass is 305 g/mol. The minimum atomic E-state index is -0.760. The largest absolute Gasteiger partial charge is 0.396 e. The molecule has 2 heterocycles. The van der Waals surface area contributed by atoms with E-state index in [1.807, 2.05) is 4.90 Å². The molecule has 1 aromatic rings. The van der Waals surface area contributed by atoms with Crippen LogP contribution in [0.3, 0.4) is 0 Å². The first-order valence-electron chi connectivity index (χ1n) is 7.27. The fourth-order valence-corrected chi connectivity index (χ4v) is 4.08. The molecule has 0 bridgehead atoms. The van der Waals surface area contributed by atoms with Gasteiger partial charge in [-0.05, 0) is 32.6 Å². The van der Waals surface area contributed by atoms with Crippen LogP contribution in [0.5, 0.6) is 0 Å². The molecular formula is C15H19N3O2S. The van der Waals surface area contributed by atoms with Crippen LogP contribution in [0.2, 0.25) is 0 Å². The molecule has 112 valence electrons. The van der Waals surface area contributed by atoms with E-state index in [0.717, 1.165) is 37.2 Å². The van der Waals surface area contributed by atoms with Crippen LogP contribution in [0.1, 0.15) is 47.8 Å². The number of aliphatic hydroxyl groups is 1. The van der Waals surface area contributed by atoms with E-state index in [1.165, 1.54) is 11.3 Å². The Morgan fingerprint density at radius 3 is 2.86 bits per heavy atom. The molecule has 1 saturated carbocycles. The Morgan fingerprint density at radius 2 is 2.29 bits per heavy atom. The maximum absolute atomic E-state index is 12.3. The van der Waals surface area contributed by atoms with Crippen LogP contribution in [0.25, 0.3) is 0 Å². The number of carbonyl (C=O) groups excluding carboxylic acids is 1. The van der Waals surface area contributed by atoms with Crippen LogP contribution >= 0.6 is 11.3 Å². The minimum Gasteiger partial charge on any atom is -0.396 e. The first-order chi connectivity index (χ1) is 9.93. The number of Topliss-reactive ketones (excluding diaryl/α,β-unsaturated/α-hetero) is 1. The van der Waals surface area contributed by atoms with Gasteiger partial charge in [-0.25, -0.2) is 0 Å². The van der Waals surface area contributed by atoms with Gasteiger partial charge >= 0.3 is 0 Å². The first kappa shape index (κ1) is 14.4. The molecule has 0 aromatic carbocycles. The molecule has 0 amide bonds. The summed E-state index contributed by atoms with van der Waals surface area (Å²) in [7, 11) is 0. The number of ketones is 1. The van der Waals surface area contributed by atoms with Gasteiger partial charge in [0.15, 0.2) is 5.78 Å². The van der Waals surface area contributed by atoms with Crippen molar-refractivity contribution in [1.82, 2.24) is 0 Å². The highest BCUT2D eigenvalue weighted by Gasteiger charge is 2.36. The highest BCUT2D eigenvalue weighted by atomic mass is 32.1. The second kappa shape index (κ2) is 5.00. The van der Waals surface area contributed by atoms with Gasteiger partial charge < -0.3 is 15.7 Å². The van der Waals surface area contributed by atoms with Crippen LogP contribution in [0.4, 0.5) is 10.7 Å². The number of β-amino-alcohol motifs (C(OH)–C–C–N with tert-alkyl or cyclic N) is 1. The van der Waals surface area contributed by atoms with E-state index >= 15 is 0 Å². The molecule has 1 aromatic heterocycles. The Kier molecular flexibility index (Phi) is 3.42. The van der Waals surface area contributed by atoms with E-state index in [2.05, 4.69) is 6.07 Å². The molecule has 2 aliphatic rings. The van der Waals surface area contributed by atoms with Gasteiger partial charge in [-0.2, -0.15) is 5.26 Å². The molecule has 0 spiro atoms. The number of nitrogens with zero attached hydrogens (tertiary/aromatic N) is 2. The summed E-state index contributed by atoms with van der Waals surface area (Å²) in [5, 5.41) is 20.4. The lowest BCUT2D eigenvalue weighted by molar-refractivity contribution is 0.0451. The predicted octanol–water partition coefficient (Wildman–Crippen LogP) is 2.15. The maximum atomic E-state index is 12.3. The number of hydrogen-bond acceptors (Lipinski definition) is 6. The van der Waals surface area contributed by atoms with Gasteiger partial charge in [-0.1, -0.05) is 0 Å².